The summed E-state index contributed by atoms with van der Waals surface area (Å²) in [6, 6.07) is 8.72. The van der Waals surface area contributed by atoms with Crippen LogP contribution in [0.5, 0.6) is 0 Å². The molecule has 2 amide bonds. The molecule has 4 nitrogen and oxygen atoms in total. The van der Waals surface area contributed by atoms with Crippen molar-refractivity contribution in [2.24, 2.45) is 0 Å². The van der Waals surface area contributed by atoms with Crippen molar-refractivity contribution in [3.63, 3.8) is 0 Å². The van der Waals surface area contributed by atoms with Crippen LogP contribution >= 0.6 is 34.8 Å². The Morgan fingerprint density at radius 2 is 1.84 bits per heavy atom. The molecule has 0 saturated carbocycles. The van der Waals surface area contributed by atoms with E-state index in [1.165, 1.54) is 42.3 Å². The topological polar surface area (TPSA) is 49.4 Å². The van der Waals surface area contributed by atoms with Gasteiger partial charge in [0.25, 0.3) is 5.91 Å². The third-order valence-corrected chi connectivity index (χ3v) is 4.36. The van der Waals surface area contributed by atoms with E-state index in [1.54, 1.807) is 6.07 Å². The molecule has 0 unspecified atom stereocenters. The second-order valence-corrected chi connectivity index (χ2v) is 6.51. The van der Waals surface area contributed by atoms with Crippen molar-refractivity contribution in [1.82, 2.24) is 10.2 Å². The molecular weight excluding hydrogens is 390 g/mol. The zero-order chi connectivity index (χ0) is 18.6. The van der Waals surface area contributed by atoms with Crippen molar-refractivity contribution in [2.45, 2.75) is 6.54 Å². The van der Waals surface area contributed by atoms with Crippen LogP contribution in [0, 0.1) is 5.82 Å². The normalized spacial score (nSPS) is 10.4. The minimum absolute atomic E-state index is 0.0120. The number of rotatable bonds is 5. The summed E-state index contributed by atoms with van der Waals surface area (Å²) >= 11 is 17.7. The Hall–Kier alpha value is -1.82. The number of nitrogens with zero attached hydrogens (tertiary/aromatic N) is 1. The van der Waals surface area contributed by atoms with Gasteiger partial charge in [-0.25, -0.2) is 4.39 Å². The lowest BCUT2D eigenvalue weighted by atomic mass is 10.2. The first kappa shape index (κ1) is 19.5. The molecule has 0 aliphatic rings. The summed E-state index contributed by atoms with van der Waals surface area (Å²) in [5.74, 6) is -1.41. The lowest BCUT2D eigenvalue weighted by molar-refractivity contribution is -0.129. The number of nitrogens with one attached hydrogen (secondary N) is 1. The van der Waals surface area contributed by atoms with Gasteiger partial charge in [0.15, 0.2) is 0 Å². The van der Waals surface area contributed by atoms with Gasteiger partial charge in [-0.1, -0.05) is 40.9 Å². The van der Waals surface area contributed by atoms with E-state index in [0.717, 1.165) is 0 Å². The van der Waals surface area contributed by atoms with Crippen molar-refractivity contribution >= 4 is 46.6 Å². The zero-order valence-corrected chi connectivity index (χ0v) is 15.4. The van der Waals surface area contributed by atoms with Gasteiger partial charge in [-0.3, -0.25) is 9.59 Å². The molecule has 2 aromatic carbocycles. The van der Waals surface area contributed by atoms with Gasteiger partial charge in [-0.05, 0) is 30.3 Å². The van der Waals surface area contributed by atoms with Crippen molar-refractivity contribution in [3.05, 3.63) is 68.4 Å². The summed E-state index contributed by atoms with van der Waals surface area (Å²) in [7, 11) is 1.49. The highest BCUT2D eigenvalue weighted by atomic mass is 35.5. The molecule has 2 aromatic rings. The number of benzene rings is 2. The van der Waals surface area contributed by atoms with Crippen LogP contribution in [-0.4, -0.2) is 30.3 Å². The Bertz CT molecular complexity index is 794. The van der Waals surface area contributed by atoms with E-state index in [9.17, 15) is 14.0 Å². The highest BCUT2D eigenvalue weighted by molar-refractivity contribution is 6.36. The number of amides is 2. The van der Waals surface area contributed by atoms with Crippen molar-refractivity contribution < 1.29 is 14.0 Å². The summed E-state index contributed by atoms with van der Waals surface area (Å²) in [6.07, 6.45) is 0. The van der Waals surface area contributed by atoms with Crippen LogP contribution in [0.3, 0.4) is 0 Å². The highest BCUT2D eigenvalue weighted by Gasteiger charge is 2.16. The van der Waals surface area contributed by atoms with Crippen molar-refractivity contribution in [1.29, 1.82) is 0 Å². The monoisotopic (exact) mass is 402 g/mol. The molecule has 0 heterocycles. The van der Waals surface area contributed by atoms with Gasteiger partial charge in [-0.15, -0.1) is 0 Å². The molecule has 0 spiro atoms. The minimum atomic E-state index is -0.507. The van der Waals surface area contributed by atoms with Gasteiger partial charge in [0.05, 0.1) is 17.1 Å². The van der Waals surface area contributed by atoms with E-state index in [4.69, 9.17) is 34.8 Å². The molecule has 0 atom stereocenters. The first-order valence-corrected chi connectivity index (χ1v) is 8.33. The molecule has 2 rings (SSSR count). The fraction of sp³-hybridized carbons (Fsp3) is 0.176. The SMILES string of the molecule is CN(Cc1c(F)cccc1Cl)C(=O)CNC(=O)c1ccc(Cl)cc1Cl. The van der Waals surface area contributed by atoms with Gasteiger partial charge in [-0.2, -0.15) is 0 Å². The molecule has 0 aromatic heterocycles. The number of halogens is 4. The Morgan fingerprint density at radius 3 is 2.48 bits per heavy atom. The predicted octanol–water partition coefficient (Wildman–Crippen LogP) is 4.17. The average molecular weight is 404 g/mol. The van der Waals surface area contributed by atoms with Crippen LogP contribution in [0.1, 0.15) is 15.9 Å². The second-order valence-electron chi connectivity index (χ2n) is 5.26. The molecule has 0 aliphatic heterocycles. The third kappa shape index (κ3) is 5.08. The lowest BCUT2D eigenvalue weighted by Gasteiger charge is -2.19. The standard InChI is InChI=1S/C17H14Cl3FN2O2/c1-23(9-12-13(19)3-2-4-15(12)21)16(24)8-22-17(25)11-6-5-10(18)7-14(11)20/h2-7H,8-9H2,1H3,(H,22,25). The number of carbonyl (C=O) groups is 2. The van der Waals surface area contributed by atoms with E-state index >= 15 is 0 Å². The molecule has 0 aliphatic carbocycles. The largest absolute Gasteiger partial charge is 0.343 e. The molecule has 0 bridgehead atoms. The van der Waals surface area contributed by atoms with Crippen LogP contribution in [0.25, 0.3) is 0 Å². The van der Waals surface area contributed by atoms with E-state index in [-0.39, 0.29) is 34.3 Å². The summed E-state index contributed by atoms with van der Waals surface area (Å²) < 4.78 is 13.8. The Labute approximate surface area is 159 Å². The second kappa shape index (κ2) is 8.52. The number of hydrogen-bond acceptors (Lipinski definition) is 2. The van der Waals surface area contributed by atoms with Crippen LogP contribution < -0.4 is 5.32 Å². The van der Waals surface area contributed by atoms with Crippen LogP contribution in [-0.2, 0) is 11.3 Å². The molecular formula is C17H14Cl3FN2O2. The first-order valence-electron chi connectivity index (χ1n) is 7.19. The van der Waals surface area contributed by atoms with Crippen LogP contribution in [0.15, 0.2) is 36.4 Å². The van der Waals surface area contributed by atoms with E-state index < -0.39 is 17.6 Å². The third-order valence-electron chi connectivity index (χ3n) is 3.46. The quantitative estimate of drug-likeness (QED) is 0.814. The predicted molar refractivity (Wildman–Crippen MR) is 96.7 cm³/mol. The summed E-state index contributed by atoms with van der Waals surface area (Å²) in [5.41, 5.74) is 0.422. The van der Waals surface area contributed by atoms with Crippen LogP contribution in [0.4, 0.5) is 4.39 Å². The maximum Gasteiger partial charge on any atom is 0.253 e. The fourth-order valence-electron chi connectivity index (χ4n) is 2.07. The number of carbonyl (C=O) groups excluding carboxylic acids is 2. The molecule has 0 saturated heterocycles. The highest BCUT2D eigenvalue weighted by Crippen LogP contribution is 2.21. The van der Waals surface area contributed by atoms with Gasteiger partial charge in [0.1, 0.15) is 5.82 Å². The maximum atomic E-state index is 13.8. The molecule has 0 radical (unpaired) electrons. The van der Waals surface area contributed by atoms with Gasteiger partial charge >= 0.3 is 0 Å². The molecule has 25 heavy (non-hydrogen) atoms. The first-order chi connectivity index (χ1) is 11.8. The van der Waals surface area contributed by atoms with Crippen molar-refractivity contribution in [3.8, 4) is 0 Å². The van der Waals surface area contributed by atoms with E-state index in [0.29, 0.717) is 5.02 Å². The lowest BCUT2D eigenvalue weighted by Crippen LogP contribution is -2.38. The number of hydrogen-bond donors (Lipinski definition) is 1. The fourth-order valence-corrected chi connectivity index (χ4v) is 2.79. The molecule has 1 N–H and O–H groups in total. The van der Waals surface area contributed by atoms with Gasteiger partial charge < -0.3 is 10.2 Å². The summed E-state index contributed by atoms with van der Waals surface area (Å²) in [4.78, 5) is 25.5. The maximum absolute atomic E-state index is 13.8. The van der Waals surface area contributed by atoms with Gasteiger partial charge in [0, 0.05) is 29.2 Å². The zero-order valence-electron chi connectivity index (χ0n) is 13.2. The smallest absolute Gasteiger partial charge is 0.253 e. The Kier molecular flexibility index (Phi) is 6.64. The molecule has 132 valence electrons. The number of likely N-dealkylation sites (N-methyl/N-ethyl adjacent to an activating group) is 1. The van der Waals surface area contributed by atoms with E-state index in [2.05, 4.69) is 5.32 Å². The average Bonchev–Trinajstić information content (AvgIpc) is 2.55. The minimum Gasteiger partial charge on any atom is -0.343 e. The van der Waals surface area contributed by atoms with Crippen LogP contribution in [0.2, 0.25) is 15.1 Å². The van der Waals surface area contributed by atoms with Gasteiger partial charge in [0.2, 0.25) is 5.91 Å². The Morgan fingerprint density at radius 1 is 1.12 bits per heavy atom. The van der Waals surface area contributed by atoms with E-state index in [1.807, 2.05) is 0 Å². The van der Waals surface area contributed by atoms with Crippen molar-refractivity contribution in [2.75, 3.05) is 13.6 Å². The molecule has 8 heteroatoms. The Balaban J connectivity index is 1.96. The summed E-state index contributed by atoms with van der Waals surface area (Å²) in [6.45, 7) is -0.276. The molecule has 0 fully saturated rings. The summed E-state index contributed by atoms with van der Waals surface area (Å²) in [5, 5.41) is 3.29.